The maximum absolute atomic E-state index is 11.7. The van der Waals surface area contributed by atoms with Crippen molar-refractivity contribution in [1.29, 1.82) is 0 Å². The van der Waals surface area contributed by atoms with Crippen LogP contribution in [-0.2, 0) is 0 Å². The fourth-order valence-electron chi connectivity index (χ4n) is 1.36. The first kappa shape index (κ1) is 12.8. The molecular formula is C11H10ClN3O2S. The summed E-state index contributed by atoms with van der Waals surface area (Å²) in [5.74, 6) is -0.344. The molecule has 0 aliphatic heterocycles. The second-order valence-electron chi connectivity index (χ2n) is 3.41. The molecular weight excluding hydrogens is 274 g/mol. The molecule has 0 aliphatic rings. The molecule has 0 unspecified atom stereocenters. The summed E-state index contributed by atoms with van der Waals surface area (Å²) in [7, 11) is 0. The van der Waals surface area contributed by atoms with Crippen LogP contribution in [0, 0.1) is 0 Å². The lowest BCUT2D eigenvalue weighted by Crippen LogP contribution is -2.13. The number of thioether (sulfide) groups is 1. The Morgan fingerprint density at radius 1 is 1.50 bits per heavy atom. The van der Waals surface area contributed by atoms with Crippen molar-refractivity contribution in [2.45, 2.75) is 5.16 Å². The summed E-state index contributed by atoms with van der Waals surface area (Å²) in [6.45, 7) is 0. The third kappa shape index (κ3) is 2.77. The van der Waals surface area contributed by atoms with E-state index in [-0.39, 0.29) is 11.6 Å². The monoisotopic (exact) mass is 283 g/mol. The Kier molecular flexibility index (Phi) is 3.78. The van der Waals surface area contributed by atoms with Gasteiger partial charge in [0.05, 0.1) is 0 Å². The smallest absolute Gasteiger partial charge is 0.279 e. The van der Waals surface area contributed by atoms with E-state index in [2.05, 4.69) is 15.3 Å². The Morgan fingerprint density at radius 3 is 2.89 bits per heavy atom. The van der Waals surface area contributed by atoms with Gasteiger partial charge in [0.2, 0.25) is 5.88 Å². The minimum absolute atomic E-state index is 0.00457. The number of halogens is 1. The van der Waals surface area contributed by atoms with E-state index in [1.807, 2.05) is 0 Å². The normalized spacial score (nSPS) is 10.3. The lowest BCUT2D eigenvalue weighted by Gasteiger charge is -2.07. The third-order valence-electron chi connectivity index (χ3n) is 2.17. The molecule has 0 saturated carbocycles. The molecule has 5 nitrogen and oxygen atoms in total. The molecule has 94 valence electrons. The van der Waals surface area contributed by atoms with Crippen LogP contribution in [0.2, 0.25) is 5.02 Å². The van der Waals surface area contributed by atoms with Gasteiger partial charge in [0, 0.05) is 10.7 Å². The zero-order chi connectivity index (χ0) is 13.1. The van der Waals surface area contributed by atoms with Crippen LogP contribution in [-0.4, -0.2) is 21.3 Å². The Balaban J connectivity index is 2.38. The van der Waals surface area contributed by atoms with Gasteiger partial charge in [-0.15, -0.1) is 0 Å². The summed E-state index contributed by atoms with van der Waals surface area (Å²) < 4.78 is 0. The van der Waals surface area contributed by atoms with Gasteiger partial charge in [-0.25, -0.2) is 0 Å². The van der Waals surface area contributed by atoms with Crippen molar-refractivity contribution in [2.75, 3.05) is 11.6 Å². The lowest BCUT2D eigenvalue weighted by molar-refractivity contribution is 0.447. The van der Waals surface area contributed by atoms with Gasteiger partial charge in [-0.05, 0) is 24.5 Å². The van der Waals surface area contributed by atoms with Crippen molar-refractivity contribution >= 4 is 34.7 Å². The largest absolute Gasteiger partial charge is 0.492 e. The number of hydrogen-bond acceptors (Lipinski definition) is 5. The first-order valence-electron chi connectivity index (χ1n) is 5.00. The van der Waals surface area contributed by atoms with Crippen molar-refractivity contribution in [3.05, 3.63) is 39.6 Å². The van der Waals surface area contributed by atoms with Gasteiger partial charge >= 0.3 is 0 Å². The van der Waals surface area contributed by atoms with E-state index in [4.69, 9.17) is 11.6 Å². The zero-order valence-corrected chi connectivity index (χ0v) is 11.0. The van der Waals surface area contributed by atoms with E-state index in [1.165, 1.54) is 11.8 Å². The summed E-state index contributed by atoms with van der Waals surface area (Å²) >= 11 is 7.07. The maximum atomic E-state index is 11.7. The second-order valence-corrected chi connectivity index (χ2v) is 4.64. The van der Waals surface area contributed by atoms with Crippen LogP contribution in [0.3, 0.4) is 0 Å². The van der Waals surface area contributed by atoms with E-state index >= 15 is 0 Å². The van der Waals surface area contributed by atoms with Crippen molar-refractivity contribution in [2.24, 2.45) is 0 Å². The van der Waals surface area contributed by atoms with Crippen LogP contribution < -0.4 is 10.9 Å². The van der Waals surface area contributed by atoms with Crippen molar-refractivity contribution in [1.82, 2.24) is 9.97 Å². The number of aromatic amines is 1. The van der Waals surface area contributed by atoms with Crippen LogP contribution in [0.1, 0.15) is 0 Å². The van der Waals surface area contributed by atoms with Gasteiger partial charge in [-0.2, -0.15) is 4.98 Å². The molecule has 0 atom stereocenters. The van der Waals surface area contributed by atoms with Gasteiger partial charge in [-0.1, -0.05) is 29.4 Å². The van der Waals surface area contributed by atoms with E-state index in [0.29, 0.717) is 15.9 Å². The number of benzene rings is 1. The highest BCUT2D eigenvalue weighted by Crippen LogP contribution is 2.23. The van der Waals surface area contributed by atoms with Crippen LogP contribution in [0.5, 0.6) is 5.88 Å². The van der Waals surface area contributed by atoms with Gasteiger partial charge in [0.15, 0.2) is 10.8 Å². The highest BCUT2D eigenvalue weighted by Gasteiger charge is 2.10. The van der Waals surface area contributed by atoms with E-state index in [9.17, 15) is 9.90 Å². The predicted molar refractivity (Wildman–Crippen MR) is 73.0 cm³/mol. The molecule has 3 N–H and O–H groups in total. The predicted octanol–water partition coefficient (Wildman–Crippen LogP) is 2.59. The lowest BCUT2D eigenvalue weighted by atomic mass is 10.3. The quantitative estimate of drug-likeness (QED) is 0.596. The highest BCUT2D eigenvalue weighted by atomic mass is 35.5. The number of H-pyrrole nitrogens is 1. The summed E-state index contributed by atoms with van der Waals surface area (Å²) in [5, 5.41) is 13.4. The van der Waals surface area contributed by atoms with Gasteiger partial charge in [0.25, 0.3) is 5.56 Å². The molecule has 0 spiro atoms. The summed E-state index contributed by atoms with van der Waals surface area (Å²) in [6.07, 6.45) is 1.75. The van der Waals surface area contributed by atoms with Crippen molar-refractivity contribution in [3.63, 3.8) is 0 Å². The molecule has 0 bridgehead atoms. The molecule has 1 aromatic carbocycles. The fourth-order valence-corrected chi connectivity index (χ4v) is 1.92. The Hall–Kier alpha value is -1.66. The molecule has 0 amide bonds. The highest BCUT2D eigenvalue weighted by molar-refractivity contribution is 7.98. The van der Waals surface area contributed by atoms with Crippen molar-refractivity contribution in [3.8, 4) is 5.88 Å². The van der Waals surface area contributed by atoms with Crippen LogP contribution in [0.25, 0.3) is 0 Å². The molecule has 7 heteroatoms. The van der Waals surface area contributed by atoms with Crippen molar-refractivity contribution < 1.29 is 5.11 Å². The SMILES string of the molecule is CSc1nc(O)c(Nc2cccc(Cl)c2)c(=O)[nH]1. The molecule has 1 heterocycles. The minimum atomic E-state index is -0.438. The second kappa shape index (κ2) is 5.32. The number of nitrogens with zero attached hydrogens (tertiary/aromatic N) is 1. The number of hydrogen-bond donors (Lipinski definition) is 3. The summed E-state index contributed by atoms with van der Waals surface area (Å²) in [6, 6.07) is 6.82. The molecule has 2 rings (SSSR count). The van der Waals surface area contributed by atoms with E-state index in [0.717, 1.165) is 0 Å². The average molecular weight is 284 g/mol. The van der Waals surface area contributed by atoms with Gasteiger partial charge in [-0.3, -0.25) is 9.78 Å². The first-order valence-corrected chi connectivity index (χ1v) is 6.60. The Labute approximate surface area is 112 Å². The number of anilines is 2. The molecule has 18 heavy (non-hydrogen) atoms. The summed E-state index contributed by atoms with van der Waals surface area (Å²) in [4.78, 5) is 18.1. The minimum Gasteiger partial charge on any atom is -0.492 e. The van der Waals surface area contributed by atoms with Crippen LogP contribution in [0.4, 0.5) is 11.4 Å². The standard InChI is InChI=1S/C11H10ClN3O2S/c1-18-11-14-9(16)8(10(17)15-11)13-7-4-2-3-6(12)5-7/h2-5,13H,1H3,(H2,14,15,16,17). The number of rotatable bonds is 3. The number of aromatic hydroxyl groups is 1. The third-order valence-corrected chi connectivity index (χ3v) is 2.98. The molecule has 0 radical (unpaired) electrons. The topological polar surface area (TPSA) is 78.0 Å². The van der Waals surface area contributed by atoms with E-state index < -0.39 is 5.56 Å². The van der Waals surface area contributed by atoms with Crippen LogP contribution in [0.15, 0.2) is 34.2 Å². The van der Waals surface area contributed by atoms with E-state index in [1.54, 1.807) is 30.5 Å². The Morgan fingerprint density at radius 2 is 2.28 bits per heavy atom. The number of aromatic nitrogens is 2. The molecule has 2 aromatic rings. The molecule has 0 fully saturated rings. The maximum Gasteiger partial charge on any atom is 0.279 e. The van der Waals surface area contributed by atoms with Crippen LogP contribution >= 0.6 is 23.4 Å². The average Bonchev–Trinajstić information content (AvgIpc) is 2.33. The summed E-state index contributed by atoms with van der Waals surface area (Å²) in [5.41, 5.74) is 0.156. The fraction of sp³-hybridized carbons (Fsp3) is 0.0909. The molecule has 0 aliphatic carbocycles. The van der Waals surface area contributed by atoms with Gasteiger partial charge < -0.3 is 10.4 Å². The number of nitrogens with one attached hydrogen (secondary N) is 2. The molecule has 1 aromatic heterocycles. The Bertz CT molecular complexity index is 630. The van der Waals surface area contributed by atoms with Gasteiger partial charge in [0.1, 0.15) is 0 Å². The first-order chi connectivity index (χ1) is 8.60. The molecule has 0 saturated heterocycles. The zero-order valence-electron chi connectivity index (χ0n) is 9.40.